The maximum absolute atomic E-state index is 12.3. The maximum atomic E-state index is 12.3. The molecule has 7 nitrogen and oxygen atoms in total. The summed E-state index contributed by atoms with van der Waals surface area (Å²) < 4.78 is 5.65. The summed E-state index contributed by atoms with van der Waals surface area (Å²) in [6.45, 7) is 5.50. The van der Waals surface area contributed by atoms with Crippen LogP contribution in [0.5, 0.6) is 0 Å². The molecule has 0 saturated carbocycles. The van der Waals surface area contributed by atoms with Gasteiger partial charge in [-0.05, 0) is 24.0 Å². The molecule has 1 aliphatic heterocycles. The number of hydrogen-bond donors (Lipinski definition) is 2. The molecule has 1 heterocycles. The lowest BCUT2D eigenvalue weighted by molar-refractivity contribution is -0.122. The van der Waals surface area contributed by atoms with Crippen molar-refractivity contribution >= 4 is 11.9 Å². The van der Waals surface area contributed by atoms with Crippen molar-refractivity contribution in [3.63, 3.8) is 0 Å². The van der Waals surface area contributed by atoms with Crippen molar-refractivity contribution in [1.29, 1.82) is 0 Å². The zero-order valence-corrected chi connectivity index (χ0v) is 18.7. The van der Waals surface area contributed by atoms with Crippen molar-refractivity contribution < 1.29 is 14.3 Å². The molecule has 2 aromatic rings. The van der Waals surface area contributed by atoms with Crippen LogP contribution in [-0.2, 0) is 22.5 Å². The van der Waals surface area contributed by atoms with Crippen LogP contribution in [-0.4, -0.2) is 74.2 Å². The van der Waals surface area contributed by atoms with E-state index in [4.69, 9.17) is 4.74 Å². The van der Waals surface area contributed by atoms with E-state index in [9.17, 15) is 9.59 Å². The first-order valence-corrected chi connectivity index (χ1v) is 11.4. The van der Waals surface area contributed by atoms with Crippen LogP contribution in [0, 0.1) is 0 Å². The molecule has 32 heavy (non-hydrogen) atoms. The van der Waals surface area contributed by atoms with Crippen LogP contribution < -0.4 is 10.6 Å². The smallest absolute Gasteiger partial charge is 0.317 e. The summed E-state index contributed by atoms with van der Waals surface area (Å²) in [4.78, 5) is 28.4. The number of nitrogens with zero attached hydrogens (tertiary/aromatic N) is 2. The highest BCUT2D eigenvalue weighted by molar-refractivity contribution is 5.78. The Kier molecular flexibility index (Phi) is 10.0. The minimum absolute atomic E-state index is 0.0130. The molecule has 0 atom stereocenters. The Balaban J connectivity index is 1.20. The lowest BCUT2D eigenvalue weighted by Gasteiger charge is -2.34. The van der Waals surface area contributed by atoms with Gasteiger partial charge in [-0.2, -0.15) is 0 Å². The first kappa shape index (κ1) is 23.8. The second-order valence-electron chi connectivity index (χ2n) is 7.96. The van der Waals surface area contributed by atoms with Crippen molar-refractivity contribution in [2.75, 3.05) is 52.5 Å². The van der Waals surface area contributed by atoms with Crippen LogP contribution in [0.15, 0.2) is 60.7 Å². The molecule has 2 aromatic carbocycles. The highest BCUT2D eigenvalue weighted by Crippen LogP contribution is 2.03. The summed E-state index contributed by atoms with van der Waals surface area (Å²) in [6.07, 6.45) is 1.70. The molecule has 0 aromatic heterocycles. The summed E-state index contributed by atoms with van der Waals surface area (Å²) >= 11 is 0. The van der Waals surface area contributed by atoms with Gasteiger partial charge in [0.2, 0.25) is 5.91 Å². The number of nitrogens with one attached hydrogen (secondary N) is 2. The first-order chi connectivity index (χ1) is 15.7. The minimum atomic E-state index is -0.0394. The Morgan fingerprint density at radius 2 is 1.47 bits per heavy atom. The van der Waals surface area contributed by atoms with E-state index < -0.39 is 0 Å². The highest BCUT2D eigenvalue weighted by atomic mass is 16.5. The topological polar surface area (TPSA) is 73.9 Å². The monoisotopic (exact) mass is 438 g/mol. The SMILES string of the molecule is O=C(CN1CCN(C(=O)NCCCOCCc2ccccc2)CC1)NCc1ccccc1. The van der Waals surface area contributed by atoms with E-state index in [0.717, 1.165) is 18.4 Å². The lowest BCUT2D eigenvalue weighted by atomic mass is 10.2. The Hall–Kier alpha value is -2.90. The molecule has 3 amide bonds. The quantitative estimate of drug-likeness (QED) is 0.528. The van der Waals surface area contributed by atoms with Crippen molar-refractivity contribution in [1.82, 2.24) is 20.4 Å². The molecule has 0 aliphatic carbocycles. The van der Waals surface area contributed by atoms with Crippen LogP contribution in [0.2, 0.25) is 0 Å². The zero-order chi connectivity index (χ0) is 22.4. The first-order valence-electron chi connectivity index (χ1n) is 11.4. The number of piperazine rings is 1. The van der Waals surface area contributed by atoms with E-state index >= 15 is 0 Å². The number of urea groups is 1. The fourth-order valence-corrected chi connectivity index (χ4v) is 3.58. The van der Waals surface area contributed by atoms with Gasteiger partial charge in [0.15, 0.2) is 0 Å². The van der Waals surface area contributed by atoms with Gasteiger partial charge in [-0.3, -0.25) is 9.69 Å². The van der Waals surface area contributed by atoms with Gasteiger partial charge in [0.25, 0.3) is 0 Å². The largest absolute Gasteiger partial charge is 0.381 e. The zero-order valence-electron chi connectivity index (χ0n) is 18.7. The number of carbonyl (C=O) groups is 2. The third-order valence-electron chi connectivity index (χ3n) is 5.48. The summed E-state index contributed by atoms with van der Waals surface area (Å²) in [5.74, 6) is 0.0130. The fourth-order valence-electron chi connectivity index (χ4n) is 3.58. The van der Waals surface area contributed by atoms with Gasteiger partial charge < -0.3 is 20.3 Å². The van der Waals surface area contributed by atoms with Gasteiger partial charge in [-0.25, -0.2) is 4.79 Å². The molecule has 2 N–H and O–H groups in total. The minimum Gasteiger partial charge on any atom is -0.381 e. The van der Waals surface area contributed by atoms with Gasteiger partial charge in [0.05, 0.1) is 13.2 Å². The number of ether oxygens (including phenoxy) is 1. The predicted octanol–water partition coefficient (Wildman–Crippen LogP) is 2.28. The second-order valence-corrected chi connectivity index (χ2v) is 7.96. The van der Waals surface area contributed by atoms with Crippen LogP contribution in [0.25, 0.3) is 0 Å². The van der Waals surface area contributed by atoms with E-state index in [1.165, 1.54) is 5.56 Å². The van der Waals surface area contributed by atoms with Crippen LogP contribution in [0.3, 0.4) is 0 Å². The highest BCUT2D eigenvalue weighted by Gasteiger charge is 2.22. The third-order valence-corrected chi connectivity index (χ3v) is 5.48. The van der Waals surface area contributed by atoms with Gasteiger partial charge in [0, 0.05) is 45.9 Å². The predicted molar refractivity (Wildman–Crippen MR) is 125 cm³/mol. The standard InChI is InChI=1S/C25H34N4O3/c30-24(27-20-23-10-5-2-6-11-23)21-28-14-16-29(17-15-28)25(31)26-13-7-18-32-19-12-22-8-3-1-4-9-22/h1-6,8-11H,7,12-21H2,(H,26,31)(H,27,30). The summed E-state index contributed by atoms with van der Waals surface area (Å²) in [5, 5.41) is 5.92. The second kappa shape index (κ2) is 13.5. The third kappa shape index (κ3) is 8.69. The van der Waals surface area contributed by atoms with E-state index in [0.29, 0.717) is 59.0 Å². The molecule has 7 heteroatoms. The molecule has 172 valence electrons. The van der Waals surface area contributed by atoms with Crippen molar-refractivity contribution in [2.45, 2.75) is 19.4 Å². The average Bonchev–Trinajstić information content (AvgIpc) is 2.84. The normalized spacial score (nSPS) is 14.2. The molecule has 0 unspecified atom stereocenters. The Labute approximate surface area is 190 Å². The lowest BCUT2D eigenvalue weighted by Crippen LogP contribution is -2.53. The number of hydrogen-bond acceptors (Lipinski definition) is 4. The maximum Gasteiger partial charge on any atom is 0.317 e. The van der Waals surface area contributed by atoms with Crippen molar-refractivity contribution in [2.24, 2.45) is 0 Å². The summed E-state index contributed by atoms with van der Waals surface area (Å²) in [7, 11) is 0. The van der Waals surface area contributed by atoms with E-state index in [-0.39, 0.29) is 11.9 Å². The number of benzene rings is 2. The van der Waals surface area contributed by atoms with Crippen LogP contribution in [0.1, 0.15) is 17.5 Å². The van der Waals surface area contributed by atoms with Crippen molar-refractivity contribution in [3.8, 4) is 0 Å². The molecule has 3 rings (SSSR count). The fraction of sp³-hybridized carbons (Fsp3) is 0.440. The summed E-state index contributed by atoms with van der Waals surface area (Å²) in [6, 6.07) is 20.1. The van der Waals surface area contributed by atoms with Crippen LogP contribution >= 0.6 is 0 Å². The van der Waals surface area contributed by atoms with Gasteiger partial charge in [-0.15, -0.1) is 0 Å². The number of rotatable bonds is 11. The van der Waals surface area contributed by atoms with Crippen LogP contribution in [0.4, 0.5) is 4.79 Å². The molecule has 1 saturated heterocycles. The molecule has 1 fully saturated rings. The Morgan fingerprint density at radius 3 is 2.16 bits per heavy atom. The molecular weight excluding hydrogens is 404 g/mol. The number of amides is 3. The molecule has 0 spiro atoms. The number of carbonyl (C=O) groups excluding carboxylic acids is 2. The Bertz CT molecular complexity index is 808. The molecule has 1 aliphatic rings. The Morgan fingerprint density at radius 1 is 0.812 bits per heavy atom. The summed E-state index contributed by atoms with van der Waals surface area (Å²) in [5.41, 5.74) is 2.36. The van der Waals surface area contributed by atoms with Crippen molar-refractivity contribution in [3.05, 3.63) is 71.8 Å². The van der Waals surface area contributed by atoms with E-state index in [1.54, 1.807) is 0 Å². The van der Waals surface area contributed by atoms with Gasteiger partial charge in [-0.1, -0.05) is 60.7 Å². The molecular formula is C25H34N4O3. The van der Waals surface area contributed by atoms with Gasteiger partial charge >= 0.3 is 6.03 Å². The molecule has 0 radical (unpaired) electrons. The average molecular weight is 439 g/mol. The molecule has 0 bridgehead atoms. The van der Waals surface area contributed by atoms with Gasteiger partial charge in [0.1, 0.15) is 0 Å². The van der Waals surface area contributed by atoms with E-state index in [1.807, 2.05) is 53.4 Å². The van der Waals surface area contributed by atoms with E-state index in [2.05, 4.69) is 27.7 Å².